The Labute approximate surface area is 172 Å². The molecule has 0 saturated carbocycles. The van der Waals surface area contributed by atoms with Gasteiger partial charge in [0.05, 0.1) is 11.5 Å². The SMILES string of the molecule is CCCCCSCCCCN(C)C1=NC=NC(CC)[C@@]1(C)C=NC(C)CC. The molecule has 0 saturated heterocycles. The Kier molecular flexibility index (Phi) is 12.0. The molecule has 0 aliphatic carbocycles. The van der Waals surface area contributed by atoms with Crippen LogP contribution in [0.1, 0.15) is 79.6 Å². The maximum absolute atomic E-state index is 4.80. The molecule has 1 aliphatic heterocycles. The first-order chi connectivity index (χ1) is 13.0. The van der Waals surface area contributed by atoms with Crippen molar-refractivity contribution in [1.29, 1.82) is 0 Å². The first-order valence-corrected chi connectivity index (χ1v) is 12.1. The van der Waals surface area contributed by atoms with Crippen molar-refractivity contribution in [2.75, 3.05) is 25.1 Å². The van der Waals surface area contributed by atoms with Crippen LogP contribution in [0.3, 0.4) is 0 Å². The van der Waals surface area contributed by atoms with Crippen molar-refractivity contribution in [2.45, 2.75) is 91.6 Å². The zero-order valence-corrected chi connectivity index (χ0v) is 19.4. The summed E-state index contributed by atoms with van der Waals surface area (Å²) in [5.41, 5.74) is -0.212. The van der Waals surface area contributed by atoms with E-state index in [2.05, 4.69) is 74.5 Å². The third kappa shape index (κ3) is 7.97. The van der Waals surface area contributed by atoms with E-state index in [1.165, 1.54) is 43.6 Å². The van der Waals surface area contributed by atoms with Gasteiger partial charge in [0.25, 0.3) is 0 Å². The standard InChI is InChI=1S/C22H42N4S/c1-7-10-12-15-27-16-13-11-14-26(6)21-22(5,17-23-19(4)8-2)20(9-3)24-18-25-21/h17-20H,7-16H2,1-6H3/t19?,20?,22-/m1/s1. The fraction of sp³-hybridized carbons (Fsp3) is 0.864. The first-order valence-electron chi connectivity index (χ1n) is 10.9. The maximum Gasteiger partial charge on any atom is 0.119 e. The van der Waals surface area contributed by atoms with E-state index in [4.69, 9.17) is 4.99 Å². The van der Waals surface area contributed by atoms with Crippen LogP contribution in [0.15, 0.2) is 15.0 Å². The van der Waals surface area contributed by atoms with E-state index in [9.17, 15) is 0 Å². The van der Waals surface area contributed by atoms with Crippen LogP contribution in [0.5, 0.6) is 0 Å². The molecule has 0 aromatic rings. The van der Waals surface area contributed by atoms with Gasteiger partial charge in [-0.25, -0.2) is 4.99 Å². The molecular formula is C22H42N4S. The number of nitrogens with zero attached hydrogens (tertiary/aromatic N) is 4. The average Bonchev–Trinajstić information content (AvgIpc) is 2.68. The highest BCUT2D eigenvalue weighted by Crippen LogP contribution is 2.31. The normalized spacial score (nSPS) is 23.6. The number of thioether (sulfide) groups is 1. The van der Waals surface area contributed by atoms with Crippen LogP contribution in [0, 0.1) is 5.41 Å². The van der Waals surface area contributed by atoms with E-state index in [0.29, 0.717) is 6.04 Å². The number of aliphatic imine (C=N–C) groups is 3. The molecule has 3 atom stereocenters. The molecule has 0 aromatic heterocycles. The lowest BCUT2D eigenvalue weighted by Crippen LogP contribution is -2.50. The molecular weight excluding hydrogens is 352 g/mol. The van der Waals surface area contributed by atoms with Crippen molar-refractivity contribution in [3.05, 3.63) is 0 Å². The van der Waals surface area contributed by atoms with Gasteiger partial charge < -0.3 is 4.90 Å². The van der Waals surface area contributed by atoms with E-state index in [-0.39, 0.29) is 11.5 Å². The third-order valence-corrected chi connectivity index (χ3v) is 6.62. The van der Waals surface area contributed by atoms with Crippen LogP contribution in [0.25, 0.3) is 0 Å². The summed E-state index contributed by atoms with van der Waals surface area (Å²) in [5.74, 6) is 3.71. The molecule has 0 radical (unpaired) electrons. The number of unbranched alkanes of at least 4 members (excludes halogenated alkanes) is 3. The van der Waals surface area contributed by atoms with Crippen LogP contribution in [0.2, 0.25) is 0 Å². The Morgan fingerprint density at radius 2 is 1.93 bits per heavy atom. The van der Waals surface area contributed by atoms with E-state index in [1.807, 2.05) is 0 Å². The molecule has 0 fully saturated rings. The van der Waals surface area contributed by atoms with Crippen LogP contribution in [-0.4, -0.2) is 60.5 Å². The van der Waals surface area contributed by atoms with Crippen molar-refractivity contribution < 1.29 is 0 Å². The van der Waals surface area contributed by atoms with E-state index >= 15 is 0 Å². The van der Waals surface area contributed by atoms with Gasteiger partial charge in [-0.2, -0.15) is 11.8 Å². The predicted molar refractivity (Wildman–Crippen MR) is 125 cm³/mol. The van der Waals surface area contributed by atoms with Crippen LogP contribution < -0.4 is 0 Å². The van der Waals surface area contributed by atoms with Crippen molar-refractivity contribution >= 4 is 30.2 Å². The van der Waals surface area contributed by atoms with Gasteiger partial charge in [0.15, 0.2) is 0 Å². The minimum absolute atomic E-state index is 0.212. The van der Waals surface area contributed by atoms with Crippen molar-refractivity contribution in [3.63, 3.8) is 0 Å². The van der Waals surface area contributed by atoms with Crippen LogP contribution >= 0.6 is 11.8 Å². The molecule has 0 amide bonds. The average molecular weight is 395 g/mol. The van der Waals surface area contributed by atoms with Crippen molar-refractivity contribution in [1.82, 2.24) is 4.90 Å². The van der Waals surface area contributed by atoms with Gasteiger partial charge in [0, 0.05) is 25.8 Å². The summed E-state index contributed by atoms with van der Waals surface area (Å²) in [6, 6.07) is 0.566. The summed E-state index contributed by atoms with van der Waals surface area (Å²) in [4.78, 5) is 16.5. The largest absolute Gasteiger partial charge is 0.362 e. The summed E-state index contributed by atoms with van der Waals surface area (Å²) >= 11 is 2.11. The summed E-state index contributed by atoms with van der Waals surface area (Å²) in [7, 11) is 2.18. The zero-order chi connectivity index (χ0) is 20.1. The van der Waals surface area contributed by atoms with Gasteiger partial charge >= 0.3 is 0 Å². The molecule has 27 heavy (non-hydrogen) atoms. The lowest BCUT2D eigenvalue weighted by atomic mass is 9.79. The quantitative estimate of drug-likeness (QED) is 0.296. The summed E-state index contributed by atoms with van der Waals surface area (Å²) < 4.78 is 0. The van der Waals surface area contributed by atoms with Gasteiger partial charge in [-0.1, -0.05) is 33.6 Å². The topological polar surface area (TPSA) is 40.3 Å². The molecule has 0 aromatic carbocycles. The van der Waals surface area contributed by atoms with E-state index in [0.717, 1.165) is 25.2 Å². The second kappa shape index (κ2) is 13.4. The Balaban J connectivity index is 2.58. The second-order valence-electron chi connectivity index (χ2n) is 7.91. The summed E-state index contributed by atoms with van der Waals surface area (Å²) in [6.45, 7) is 12.1. The number of amidine groups is 1. The molecule has 0 N–H and O–H groups in total. The highest BCUT2D eigenvalue weighted by Gasteiger charge is 2.40. The summed E-state index contributed by atoms with van der Waals surface area (Å²) in [5, 5.41) is 0. The summed E-state index contributed by atoms with van der Waals surface area (Å²) in [6.07, 6.45) is 12.5. The van der Waals surface area contributed by atoms with Gasteiger partial charge in [-0.3, -0.25) is 9.98 Å². The fourth-order valence-corrected chi connectivity index (χ4v) is 4.42. The zero-order valence-electron chi connectivity index (χ0n) is 18.6. The molecule has 2 unspecified atom stereocenters. The second-order valence-corrected chi connectivity index (χ2v) is 9.13. The monoisotopic (exact) mass is 394 g/mol. The van der Waals surface area contributed by atoms with Gasteiger partial charge in [0.2, 0.25) is 0 Å². The molecule has 5 heteroatoms. The first kappa shape index (κ1) is 24.2. The van der Waals surface area contributed by atoms with Gasteiger partial charge in [0.1, 0.15) is 12.2 Å². The number of rotatable bonds is 13. The molecule has 1 aliphatic rings. The minimum Gasteiger partial charge on any atom is -0.362 e. The fourth-order valence-electron chi connectivity index (χ4n) is 3.40. The Morgan fingerprint density at radius 3 is 2.56 bits per heavy atom. The lowest BCUT2D eigenvalue weighted by molar-refractivity contribution is 0.390. The highest BCUT2D eigenvalue weighted by molar-refractivity contribution is 7.99. The highest BCUT2D eigenvalue weighted by atomic mass is 32.2. The predicted octanol–water partition coefficient (Wildman–Crippen LogP) is 5.72. The minimum atomic E-state index is -0.212. The van der Waals surface area contributed by atoms with E-state index < -0.39 is 0 Å². The van der Waals surface area contributed by atoms with Crippen molar-refractivity contribution in [2.24, 2.45) is 20.4 Å². The number of hydrogen-bond acceptors (Lipinski definition) is 5. The molecule has 0 bridgehead atoms. The molecule has 1 heterocycles. The van der Waals surface area contributed by atoms with Gasteiger partial charge in [-0.15, -0.1) is 0 Å². The third-order valence-electron chi connectivity index (χ3n) is 5.46. The van der Waals surface area contributed by atoms with E-state index in [1.54, 1.807) is 6.34 Å². The van der Waals surface area contributed by atoms with Crippen molar-refractivity contribution in [3.8, 4) is 0 Å². The van der Waals surface area contributed by atoms with Gasteiger partial charge in [-0.05, 0) is 57.5 Å². The molecule has 4 nitrogen and oxygen atoms in total. The smallest absolute Gasteiger partial charge is 0.119 e. The Hall–Kier alpha value is -0.840. The molecule has 156 valence electrons. The van der Waals surface area contributed by atoms with Crippen LogP contribution in [-0.2, 0) is 0 Å². The van der Waals surface area contributed by atoms with Crippen LogP contribution in [0.4, 0.5) is 0 Å². The molecule has 0 spiro atoms. The molecule has 1 rings (SSSR count). The maximum atomic E-state index is 4.80. The Morgan fingerprint density at radius 1 is 1.22 bits per heavy atom. The lowest BCUT2D eigenvalue weighted by Gasteiger charge is -2.39. The Bertz CT molecular complexity index is 489. The number of hydrogen-bond donors (Lipinski definition) is 0.